The molecule has 0 aliphatic carbocycles. The van der Waals surface area contributed by atoms with Crippen LogP contribution in [0, 0.1) is 6.07 Å². The second kappa shape index (κ2) is 3.15. The third-order valence-corrected chi connectivity index (χ3v) is 1.37. The number of rotatable bonds is 1. The third-order valence-electron chi connectivity index (χ3n) is 1.37. The molecule has 1 atom stereocenters. The van der Waals surface area contributed by atoms with Crippen molar-refractivity contribution in [1.82, 2.24) is 0 Å². The van der Waals surface area contributed by atoms with E-state index in [0.29, 0.717) is 0 Å². The highest BCUT2D eigenvalue weighted by atomic mass is 19.4. The highest BCUT2D eigenvalue weighted by Crippen LogP contribution is 2.31. The Morgan fingerprint density at radius 1 is 1.25 bits per heavy atom. The molecule has 0 heterocycles. The molecule has 0 aliphatic heterocycles. The number of aliphatic hydroxyl groups excluding tert-OH is 1. The Kier molecular flexibility index (Phi) is 2.38. The van der Waals surface area contributed by atoms with E-state index >= 15 is 0 Å². The molecular formula is C8H6F3O. The van der Waals surface area contributed by atoms with E-state index in [0.717, 1.165) is 0 Å². The number of aliphatic hydroxyl groups is 1. The first-order valence-electron chi connectivity index (χ1n) is 3.22. The van der Waals surface area contributed by atoms with E-state index in [-0.39, 0.29) is 5.56 Å². The molecule has 0 aromatic heterocycles. The van der Waals surface area contributed by atoms with Crippen LogP contribution in [-0.2, 0) is 0 Å². The molecule has 12 heavy (non-hydrogen) atoms. The van der Waals surface area contributed by atoms with Gasteiger partial charge in [-0.3, -0.25) is 0 Å². The maximum atomic E-state index is 11.9. The minimum Gasteiger partial charge on any atom is -0.379 e. The van der Waals surface area contributed by atoms with Gasteiger partial charge >= 0.3 is 6.18 Å². The predicted octanol–water partition coefficient (Wildman–Crippen LogP) is 2.08. The normalized spacial score (nSPS) is 14.3. The van der Waals surface area contributed by atoms with Gasteiger partial charge in [-0.1, -0.05) is 24.3 Å². The number of alkyl halides is 3. The van der Waals surface area contributed by atoms with Gasteiger partial charge in [0.2, 0.25) is 0 Å². The summed E-state index contributed by atoms with van der Waals surface area (Å²) in [5.41, 5.74) is -0.166. The molecule has 0 saturated heterocycles. The van der Waals surface area contributed by atoms with Gasteiger partial charge in [-0.25, -0.2) is 0 Å². The highest BCUT2D eigenvalue weighted by molar-refractivity contribution is 5.17. The summed E-state index contributed by atoms with van der Waals surface area (Å²) in [6.07, 6.45) is -6.99. The zero-order chi connectivity index (χ0) is 9.19. The Morgan fingerprint density at radius 2 is 1.75 bits per heavy atom. The molecule has 1 rings (SSSR count). The summed E-state index contributed by atoms with van der Waals surface area (Å²) in [6.45, 7) is 0. The van der Waals surface area contributed by atoms with Crippen LogP contribution in [0.2, 0.25) is 0 Å². The van der Waals surface area contributed by atoms with Crippen molar-refractivity contribution in [3.63, 3.8) is 0 Å². The van der Waals surface area contributed by atoms with Crippen molar-refractivity contribution in [1.29, 1.82) is 0 Å². The van der Waals surface area contributed by atoms with Crippen LogP contribution in [0.25, 0.3) is 0 Å². The summed E-state index contributed by atoms with van der Waals surface area (Å²) in [4.78, 5) is 0. The second-order valence-corrected chi connectivity index (χ2v) is 2.28. The average Bonchev–Trinajstić information content (AvgIpc) is 2.03. The largest absolute Gasteiger partial charge is 0.418 e. The van der Waals surface area contributed by atoms with E-state index in [1.165, 1.54) is 24.3 Å². The van der Waals surface area contributed by atoms with Gasteiger partial charge in [0.1, 0.15) is 0 Å². The second-order valence-electron chi connectivity index (χ2n) is 2.28. The number of halogens is 3. The van der Waals surface area contributed by atoms with Gasteiger partial charge in [0.05, 0.1) is 0 Å². The lowest BCUT2D eigenvalue weighted by molar-refractivity contribution is -0.206. The monoisotopic (exact) mass is 175 g/mol. The molecule has 1 aromatic rings. The lowest BCUT2D eigenvalue weighted by Gasteiger charge is -2.13. The van der Waals surface area contributed by atoms with Crippen LogP contribution in [0.5, 0.6) is 0 Å². The van der Waals surface area contributed by atoms with Crippen LogP contribution >= 0.6 is 0 Å². The highest BCUT2D eigenvalue weighted by Gasteiger charge is 2.39. The van der Waals surface area contributed by atoms with Crippen LogP contribution in [0.3, 0.4) is 0 Å². The Hall–Kier alpha value is -1.03. The standard InChI is InChI=1S/C8H6F3O/c9-8(10,11)7(12)6-4-2-1-3-5-6/h2-5,7,12H. The van der Waals surface area contributed by atoms with E-state index in [1.54, 1.807) is 0 Å². The average molecular weight is 175 g/mol. The van der Waals surface area contributed by atoms with Crippen LogP contribution in [0.4, 0.5) is 13.2 Å². The molecule has 0 spiro atoms. The topological polar surface area (TPSA) is 20.2 Å². The van der Waals surface area contributed by atoms with Crippen LogP contribution in [0.1, 0.15) is 11.7 Å². The van der Waals surface area contributed by atoms with Gasteiger partial charge in [0.25, 0.3) is 0 Å². The van der Waals surface area contributed by atoms with E-state index in [9.17, 15) is 13.2 Å². The summed E-state index contributed by atoms with van der Waals surface area (Å²) in [5.74, 6) is 0. The van der Waals surface area contributed by atoms with Gasteiger partial charge in [0, 0.05) is 0 Å². The molecule has 1 radical (unpaired) electrons. The van der Waals surface area contributed by atoms with Crippen molar-refractivity contribution in [2.24, 2.45) is 0 Å². The molecule has 0 amide bonds. The van der Waals surface area contributed by atoms with Crippen molar-refractivity contribution in [3.05, 3.63) is 35.9 Å². The fraction of sp³-hybridized carbons (Fsp3) is 0.250. The molecule has 1 aromatic carbocycles. The van der Waals surface area contributed by atoms with Gasteiger partial charge in [-0.15, -0.1) is 0 Å². The van der Waals surface area contributed by atoms with Crippen molar-refractivity contribution >= 4 is 0 Å². The zero-order valence-corrected chi connectivity index (χ0v) is 5.97. The maximum absolute atomic E-state index is 11.9. The van der Waals surface area contributed by atoms with Gasteiger partial charge in [0.15, 0.2) is 6.10 Å². The number of hydrogen-bond acceptors (Lipinski definition) is 1. The molecule has 1 N–H and O–H groups in total. The fourth-order valence-electron chi connectivity index (χ4n) is 0.771. The molecule has 65 valence electrons. The molecule has 0 aliphatic rings. The maximum Gasteiger partial charge on any atom is 0.418 e. The molecule has 0 saturated carbocycles. The first-order chi connectivity index (χ1) is 5.52. The van der Waals surface area contributed by atoms with Crippen molar-refractivity contribution in [2.75, 3.05) is 0 Å². The van der Waals surface area contributed by atoms with E-state index in [1.807, 2.05) is 0 Å². The summed E-state index contributed by atoms with van der Waals surface area (Å²) in [7, 11) is 0. The van der Waals surface area contributed by atoms with Crippen molar-refractivity contribution < 1.29 is 18.3 Å². The van der Waals surface area contributed by atoms with Crippen LogP contribution < -0.4 is 0 Å². The SMILES string of the molecule is OC(c1cc[c]cc1)C(F)(F)F. The predicted molar refractivity (Wildman–Crippen MR) is 36.3 cm³/mol. The van der Waals surface area contributed by atoms with Crippen LogP contribution in [0.15, 0.2) is 24.3 Å². The summed E-state index contributed by atoms with van der Waals surface area (Å²) < 4.78 is 35.6. The Bertz CT molecular complexity index is 242. The lowest BCUT2D eigenvalue weighted by Crippen LogP contribution is -2.19. The molecular weight excluding hydrogens is 169 g/mol. The fourth-order valence-corrected chi connectivity index (χ4v) is 0.771. The quantitative estimate of drug-likeness (QED) is 0.692. The Morgan fingerprint density at radius 3 is 2.17 bits per heavy atom. The van der Waals surface area contributed by atoms with E-state index < -0.39 is 12.3 Å². The lowest BCUT2D eigenvalue weighted by atomic mass is 10.1. The first-order valence-corrected chi connectivity index (χ1v) is 3.22. The van der Waals surface area contributed by atoms with Gasteiger partial charge in [-0.2, -0.15) is 13.2 Å². The van der Waals surface area contributed by atoms with Crippen LogP contribution in [-0.4, -0.2) is 11.3 Å². The molecule has 1 nitrogen and oxygen atoms in total. The molecule has 0 fully saturated rings. The van der Waals surface area contributed by atoms with E-state index in [2.05, 4.69) is 6.07 Å². The minimum absolute atomic E-state index is 0.166. The summed E-state index contributed by atoms with van der Waals surface area (Å²) in [5, 5.41) is 8.72. The molecule has 1 unspecified atom stereocenters. The molecule has 4 heteroatoms. The Labute approximate surface area is 67.5 Å². The van der Waals surface area contributed by atoms with Crippen molar-refractivity contribution in [2.45, 2.75) is 12.3 Å². The summed E-state index contributed by atoms with van der Waals surface area (Å²) in [6, 6.07) is 7.57. The van der Waals surface area contributed by atoms with E-state index in [4.69, 9.17) is 5.11 Å². The smallest absolute Gasteiger partial charge is 0.379 e. The third kappa shape index (κ3) is 1.98. The summed E-state index contributed by atoms with van der Waals surface area (Å²) >= 11 is 0. The van der Waals surface area contributed by atoms with Crippen molar-refractivity contribution in [3.8, 4) is 0 Å². The number of benzene rings is 1. The zero-order valence-electron chi connectivity index (χ0n) is 5.97. The molecule has 0 bridgehead atoms. The first kappa shape index (κ1) is 9.06. The van der Waals surface area contributed by atoms with Gasteiger partial charge in [-0.05, 0) is 11.6 Å². The van der Waals surface area contributed by atoms with Gasteiger partial charge < -0.3 is 5.11 Å². The Balaban J connectivity index is 2.86. The minimum atomic E-state index is -4.60. The number of hydrogen-bond donors (Lipinski definition) is 1.